The zero-order valence-electron chi connectivity index (χ0n) is 17.5. The molecule has 1 N–H and O–H groups in total. The summed E-state index contributed by atoms with van der Waals surface area (Å²) in [6.07, 6.45) is 0.791. The van der Waals surface area contributed by atoms with Gasteiger partial charge in [-0.05, 0) is 42.3 Å². The van der Waals surface area contributed by atoms with Gasteiger partial charge in [-0.1, -0.05) is 54.2 Å². The third-order valence-corrected chi connectivity index (χ3v) is 7.47. The molecule has 5 rings (SSSR count). The van der Waals surface area contributed by atoms with E-state index in [2.05, 4.69) is 10.3 Å². The van der Waals surface area contributed by atoms with Gasteiger partial charge in [0.2, 0.25) is 5.91 Å². The van der Waals surface area contributed by atoms with Crippen LogP contribution in [-0.2, 0) is 11.2 Å². The highest BCUT2D eigenvalue weighted by Crippen LogP contribution is 2.34. The van der Waals surface area contributed by atoms with Crippen molar-refractivity contribution in [3.05, 3.63) is 89.5 Å². The highest BCUT2D eigenvalue weighted by atomic mass is 32.2. The van der Waals surface area contributed by atoms with Crippen LogP contribution < -0.4 is 10.2 Å². The number of aromatic nitrogens is 1. The van der Waals surface area contributed by atoms with E-state index in [9.17, 15) is 14.4 Å². The van der Waals surface area contributed by atoms with Crippen LogP contribution in [0.5, 0.6) is 0 Å². The Bertz CT molecular complexity index is 1330. The van der Waals surface area contributed by atoms with Crippen LogP contribution in [0.4, 0.5) is 5.69 Å². The lowest BCUT2D eigenvalue weighted by Crippen LogP contribution is -2.29. The number of hydrogen-bond acceptors (Lipinski definition) is 6. The number of hydrogen-bond donors (Lipinski definition) is 1. The standard InChI is InChI=1S/C25H19N3O3S2/c29-22(26-13-12-16-6-2-1-3-7-16)15-32-25-27-20-11-10-17(14-21(20)33-25)28-23(30)18-8-4-5-9-19(18)24(28)31/h1-11,14H,12-13,15H2,(H,26,29). The van der Waals surface area contributed by atoms with Crippen LogP contribution in [0, 0.1) is 0 Å². The minimum atomic E-state index is -0.318. The Hall–Kier alpha value is -3.49. The number of nitrogens with zero attached hydrogens (tertiary/aromatic N) is 2. The highest BCUT2D eigenvalue weighted by Gasteiger charge is 2.36. The molecule has 0 unspecified atom stereocenters. The monoisotopic (exact) mass is 473 g/mol. The molecule has 33 heavy (non-hydrogen) atoms. The molecule has 2 heterocycles. The third-order valence-electron chi connectivity index (χ3n) is 5.31. The Labute approximate surface area is 198 Å². The summed E-state index contributed by atoms with van der Waals surface area (Å²) >= 11 is 2.82. The zero-order valence-corrected chi connectivity index (χ0v) is 19.1. The van der Waals surface area contributed by atoms with E-state index in [0.29, 0.717) is 23.4 Å². The largest absolute Gasteiger partial charge is 0.355 e. The summed E-state index contributed by atoms with van der Waals surface area (Å²) in [6.45, 7) is 0.590. The summed E-state index contributed by atoms with van der Waals surface area (Å²) in [5.74, 6) is -0.399. The van der Waals surface area contributed by atoms with E-state index in [0.717, 1.165) is 21.0 Å². The van der Waals surface area contributed by atoms with Crippen molar-refractivity contribution in [3.63, 3.8) is 0 Å². The molecule has 1 aliphatic heterocycles. The summed E-state index contributed by atoms with van der Waals surface area (Å²) in [5.41, 5.74) is 3.31. The average Bonchev–Trinajstić information content (AvgIpc) is 3.36. The third kappa shape index (κ3) is 4.40. The average molecular weight is 474 g/mol. The van der Waals surface area contributed by atoms with E-state index in [4.69, 9.17) is 0 Å². The normalized spacial score (nSPS) is 12.9. The number of fused-ring (bicyclic) bond motifs is 2. The molecule has 0 radical (unpaired) electrons. The van der Waals surface area contributed by atoms with Crippen molar-refractivity contribution in [3.8, 4) is 0 Å². The maximum atomic E-state index is 12.7. The molecule has 0 saturated carbocycles. The van der Waals surface area contributed by atoms with Gasteiger partial charge in [0.1, 0.15) is 0 Å². The fourth-order valence-electron chi connectivity index (χ4n) is 3.69. The van der Waals surface area contributed by atoms with Gasteiger partial charge in [0, 0.05) is 6.54 Å². The molecule has 0 fully saturated rings. The second-order valence-corrected chi connectivity index (χ2v) is 9.75. The minimum Gasteiger partial charge on any atom is -0.355 e. The number of carbonyl (C=O) groups excluding carboxylic acids is 3. The summed E-state index contributed by atoms with van der Waals surface area (Å²) in [4.78, 5) is 43.5. The molecular weight excluding hydrogens is 454 g/mol. The SMILES string of the molecule is O=C(CSc1nc2ccc(N3C(=O)c4ccccc4C3=O)cc2s1)NCCc1ccccc1. The molecule has 0 atom stereocenters. The van der Waals surface area contributed by atoms with E-state index < -0.39 is 0 Å². The topological polar surface area (TPSA) is 79.4 Å². The van der Waals surface area contributed by atoms with E-state index in [1.807, 2.05) is 30.3 Å². The first kappa shape index (κ1) is 21.4. The van der Waals surface area contributed by atoms with Gasteiger partial charge in [0.25, 0.3) is 11.8 Å². The Balaban J connectivity index is 1.22. The number of carbonyl (C=O) groups is 3. The van der Waals surface area contributed by atoms with Gasteiger partial charge < -0.3 is 5.32 Å². The first-order valence-corrected chi connectivity index (χ1v) is 12.2. The maximum absolute atomic E-state index is 12.7. The molecule has 164 valence electrons. The Morgan fingerprint density at radius 3 is 2.36 bits per heavy atom. The Kier molecular flexibility index (Phi) is 5.93. The molecule has 0 spiro atoms. The van der Waals surface area contributed by atoms with Gasteiger partial charge in [-0.3, -0.25) is 14.4 Å². The lowest BCUT2D eigenvalue weighted by atomic mass is 10.1. The summed E-state index contributed by atoms with van der Waals surface area (Å²) in [6, 6.07) is 22.2. The van der Waals surface area contributed by atoms with Crippen molar-refractivity contribution in [1.82, 2.24) is 10.3 Å². The van der Waals surface area contributed by atoms with Crippen LogP contribution in [-0.4, -0.2) is 35.0 Å². The zero-order chi connectivity index (χ0) is 22.8. The number of benzene rings is 3. The molecule has 6 nitrogen and oxygen atoms in total. The first-order valence-electron chi connectivity index (χ1n) is 10.4. The van der Waals surface area contributed by atoms with E-state index in [-0.39, 0.29) is 23.5 Å². The number of thioether (sulfide) groups is 1. The van der Waals surface area contributed by atoms with Gasteiger partial charge in [0.05, 0.1) is 32.8 Å². The van der Waals surface area contributed by atoms with Gasteiger partial charge >= 0.3 is 0 Å². The van der Waals surface area contributed by atoms with E-state index in [1.54, 1.807) is 42.5 Å². The van der Waals surface area contributed by atoms with Gasteiger partial charge in [0.15, 0.2) is 4.34 Å². The fourth-order valence-corrected chi connectivity index (χ4v) is 5.62. The van der Waals surface area contributed by atoms with Crippen molar-refractivity contribution in [2.45, 2.75) is 10.8 Å². The van der Waals surface area contributed by atoms with Crippen molar-refractivity contribution >= 4 is 56.7 Å². The lowest BCUT2D eigenvalue weighted by molar-refractivity contribution is -0.118. The first-order chi connectivity index (χ1) is 16.1. The van der Waals surface area contributed by atoms with Crippen molar-refractivity contribution < 1.29 is 14.4 Å². The molecule has 4 aromatic rings. The predicted molar refractivity (Wildman–Crippen MR) is 131 cm³/mol. The number of anilines is 1. The minimum absolute atomic E-state index is 0.0399. The van der Waals surface area contributed by atoms with E-state index >= 15 is 0 Å². The predicted octanol–water partition coefficient (Wildman–Crippen LogP) is 4.55. The second kappa shape index (κ2) is 9.17. The summed E-state index contributed by atoms with van der Waals surface area (Å²) < 4.78 is 1.62. The van der Waals surface area contributed by atoms with Crippen LogP contribution in [0.1, 0.15) is 26.3 Å². The summed E-state index contributed by atoms with van der Waals surface area (Å²) in [7, 11) is 0. The van der Waals surface area contributed by atoms with Crippen molar-refractivity contribution in [2.75, 3.05) is 17.2 Å². The number of amides is 3. The molecule has 0 bridgehead atoms. The fraction of sp³-hybridized carbons (Fsp3) is 0.120. The van der Waals surface area contributed by atoms with Gasteiger partial charge in [-0.2, -0.15) is 0 Å². The number of nitrogens with one attached hydrogen (secondary N) is 1. The Morgan fingerprint density at radius 2 is 1.64 bits per heavy atom. The van der Waals surface area contributed by atoms with Crippen molar-refractivity contribution in [1.29, 1.82) is 0 Å². The van der Waals surface area contributed by atoms with Gasteiger partial charge in [-0.25, -0.2) is 9.88 Å². The molecule has 0 saturated heterocycles. The van der Waals surface area contributed by atoms with E-state index in [1.165, 1.54) is 33.6 Å². The molecule has 3 amide bonds. The highest BCUT2D eigenvalue weighted by molar-refractivity contribution is 8.01. The smallest absolute Gasteiger partial charge is 0.266 e. The van der Waals surface area contributed by atoms with Crippen LogP contribution in [0.3, 0.4) is 0 Å². The molecule has 8 heteroatoms. The molecule has 1 aromatic heterocycles. The second-order valence-electron chi connectivity index (χ2n) is 7.50. The molecule has 1 aliphatic rings. The van der Waals surface area contributed by atoms with Crippen LogP contribution >= 0.6 is 23.1 Å². The lowest BCUT2D eigenvalue weighted by Gasteiger charge is -2.13. The molecule has 3 aromatic carbocycles. The maximum Gasteiger partial charge on any atom is 0.266 e. The number of imide groups is 1. The van der Waals surface area contributed by atoms with Crippen molar-refractivity contribution in [2.24, 2.45) is 0 Å². The van der Waals surface area contributed by atoms with Gasteiger partial charge in [-0.15, -0.1) is 11.3 Å². The van der Waals surface area contributed by atoms with Crippen LogP contribution in [0.25, 0.3) is 10.2 Å². The Morgan fingerprint density at radius 1 is 0.939 bits per heavy atom. The summed E-state index contributed by atoms with van der Waals surface area (Å²) in [5, 5.41) is 2.94. The van der Waals surface area contributed by atoms with Crippen LogP contribution in [0.2, 0.25) is 0 Å². The van der Waals surface area contributed by atoms with Crippen LogP contribution in [0.15, 0.2) is 77.1 Å². The quantitative estimate of drug-likeness (QED) is 0.315. The molecular formula is C25H19N3O3S2. The number of thiazole rings is 1. The molecule has 0 aliphatic carbocycles. The number of rotatable bonds is 7.